The van der Waals surface area contributed by atoms with E-state index in [-0.39, 0.29) is 25.5 Å². The molecule has 0 aliphatic carbocycles. The zero-order chi connectivity index (χ0) is 18.1. The van der Waals surface area contributed by atoms with Gasteiger partial charge in [-0.25, -0.2) is 9.18 Å². The highest BCUT2D eigenvalue weighted by Crippen LogP contribution is 2.19. The minimum Gasteiger partial charge on any atom is -0.391 e. The van der Waals surface area contributed by atoms with E-state index in [9.17, 15) is 23.9 Å². The van der Waals surface area contributed by atoms with Crippen LogP contribution >= 0.6 is 0 Å². The van der Waals surface area contributed by atoms with Gasteiger partial charge in [0.05, 0.1) is 12.6 Å². The van der Waals surface area contributed by atoms with Crippen molar-refractivity contribution in [1.82, 2.24) is 15.1 Å². The number of anilines is 1. The van der Waals surface area contributed by atoms with E-state index in [1.54, 1.807) is 6.07 Å². The molecule has 4 amide bonds. The highest BCUT2D eigenvalue weighted by Gasteiger charge is 2.45. The lowest BCUT2D eigenvalue weighted by Crippen LogP contribution is -2.71. The van der Waals surface area contributed by atoms with Crippen LogP contribution in [0.2, 0.25) is 0 Å². The number of nitrogens with zero attached hydrogens (tertiary/aromatic N) is 2. The van der Waals surface area contributed by atoms with E-state index in [1.807, 2.05) is 0 Å². The topological polar surface area (TPSA) is 102 Å². The van der Waals surface area contributed by atoms with Crippen LogP contribution in [0, 0.1) is 5.82 Å². The monoisotopic (exact) mass is 350 g/mol. The van der Waals surface area contributed by atoms with Crippen molar-refractivity contribution in [1.29, 1.82) is 0 Å². The van der Waals surface area contributed by atoms with Gasteiger partial charge in [0.25, 0.3) is 0 Å². The molecule has 0 spiro atoms. The zero-order valence-corrected chi connectivity index (χ0v) is 13.6. The van der Waals surface area contributed by atoms with Gasteiger partial charge in [-0.3, -0.25) is 9.59 Å². The van der Waals surface area contributed by atoms with Crippen LogP contribution in [0.15, 0.2) is 24.3 Å². The summed E-state index contributed by atoms with van der Waals surface area (Å²) in [6.45, 7) is 1.90. The fourth-order valence-electron chi connectivity index (χ4n) is 3.04. The molecule has 134 valence electrons. The summed E-state index contributed by atoms with van der Waals surface area (Å²) in [5, 5.41) is 14.7. The number of carbonyl (C=O) groups excluding carboxylic acids is 3. The van der Waals surface area contributed by atoms with Crippen molar-refractivity contribution in [2.75, 3.05) is 25.0 Å². The van der Waals surface area contributed by atoms with Gasteiger partial charge < -0.3 is 25.5 Å². The number of nitrogens with one attached hydrogen (secondary N) is 2. The van der Waals surface area contributed by atoms with Gasteiger partial charge in [-0.05, 0) is 25.1 Å². The molecular weight excluding hydrogens is 331 g/mol. The van der Waals surface area contributed by atoms with Gasteiger partial charge in [-0.15, -0.1) is 0 Å². The predicted octanol–water partition coefficient (Wildman–Crippen LogP) is -0.250. The number of fused-ring (bicyclic) bond motifs is 1. The normalized spacial score (nSPS) is 24.4. The molecule has 3 rings (SSSR count). The van der Waals surface area contributed by atoms with Crippen molar-refractivity contribution in [3.63, 3.8) is 0 Å². The van der Waals surface area contributed by atoms with Crippen molar-refractivity contribution in [2.45, 2.75) is 25.1 Å². The van der Waals surface area contributed by atoms with Crippen molar-refractivity contribution < 1.29 is 23.9 Å². The van der Waals surface area contributed by atoms with Crippen LogP contribution in [-0.4, -0.2) is 70.6 Å². The van der Waals surface area contributed by atoms with Crippen molar-refractivity contribution >= 4 is 23.5 Å². The number of halogens is 1. The van der Waals surface area contributed by atoms with E-state index in [4.69, 9.17) is 0 Å². The van der Waals surface area contributed by atoms with Crippen LogP contribution in [0.4, 0.5) is 14.9 Å². The highest BCUT2D eigenvalue weighted by atomic mass is 19.1. The molecule has 2 aliphatic heterocycles. The average molecular weight is 350 g/mol. The fraction of sp³-hybridized carbons (Fsp3) is 0.438. The van der Waals surface area contributed by atoms with Gasteiger partial charge in [0.15, 0.2) is 0 Å². The second-order valence-corrected chi connectivity index (χ2v) is 6.16. The van der Waals surface area contributed by atoms with Gasteiger partial charge in [-0.1, -0.05) is 6.07 Å². The Morgan fingerprint density at radius 3 is 2.84 bits per heavy atom. The standard InChI is InChI=1S/C16H19FN4O4/c1-9(22)13-15(24)21-6-5-20(8-12(21)14(23)19-13)16(25)18-11-4-2-3-10(17)7-11/h2-4,7,9,12-13,22H,5-6,8H2,1H3,(H,18,25)(H,19,23)/t9-,12+,13+/m0/s1. The molecule has 0 radical (unpaired) electrons. The number of aliphatic hydroxyl groups is 1. The number of rotatable bonds is 2. The number of hydrogen-bond acceptors (Lipinski definition) is 4. The lowest BCUT2D eigenvalue weighted by molar-refractivity contribution is -0.155. The predicted molar refractivity (Wildman–Crippen MR) is 86.1 cm³/mol. The third-order valence-corrected chi connectivity index (χ3v) is 4.38. The Kier molecular flexibility index (Phi) is 4.58. The summed E-state index contributed by atoms with van der Waals surface area (Å²) < 4.78 is 13.2. The fourth-order valence-corrected chi connectivity index (χ4v) is 3.04. The van der Waals surface area contributed by atoms with Crippen LogP contribution in [0.1, 0.15) is 6.92 Å². The first-order valence-corrected chi connectivity index (χ1v) is 7.97. The molecule has 2 aliphatic rings. The van der Waals surface area contributed by atoms with Crippen molar-refractivity contribution in [2.24, 2.45) is 0 Å². The summed E-state index contributed by atoms with van der Waals surface area (Å²) in [7, 11) is 0. The van der Waals surface area contributed by atoms with Gasteiger partial charge in [0.2, 0.25) is 11.8 Å². The number of aliphatic hydroxyl groups excluding tert-OH is 1. The van der Waals surface area contributed by atoms with Gasteiger partial charge in [0, 0.05) is 18.8 Å². The Labute approximate surface area is 143 Å². The zero-order valence-electron chi connectivity index (χ0n) is 13.6. The molecule has 2 saturated heterocycles. The van der Waals surface area contributed by atoms with Crippen LogP contribution in [0.5, 0.6) is 0 Å². The Balaban J connectivity index is 1.67. The number of urea groups is 1. The molecule has 0 aromatic heterocycles. The SMILES string of the molecule is C[C@H](O)[C@H]1NC(=O)[C@H]2CN(C(=O)Nc3cccc(F)c3)CCN2C1=O. The van der Waals surface area contributed by atoms with E-state index < -0.39 is 35.9 Å². The number of carbonyl (C=O) groups is 3. The first-order chi connectivity index (χ1) is 11.9. The van der Waals surface area contributed by atoms with E-state index >= 15 is 0 Å². The molecule has 9 heteroatoms. The Hall–Kier alpha value is -2.68. The van der Waals surface area contributed by atoms with Crippen LogP contribution in [0.3, 0.4) is 0 Å². The number of hydrogen-bond donors (Lipinski definition) is 3. The number of piperazine rings is 2. The summed E-state index contributed by atoms with van der Waals surface area (Å²) in [6.07, 6.45) is -0.994. The molecule has 3 atom stereocenters. The summed E-state index contributed by atoms with van der Waals surface area (Å²) in [4.78, 5) is 39.7. The lowest BCUT2D eigenvalue weighted by atomic mass is 10.0. The maximum absolute atomic E-state index is 13.2. The smallest absolute Gasteiger partial charge is 0.321 e. The van der Waals surface area contributed by atoms with E-state index in [0.29, 0.717) is 5.69 Å². The maximum Gasteiger partial charge on any atom is 0.321 e. The summed E-state index contributed by atoms with van der Waals surface area (Å²) >= 11 is 0. The average Bonchev–Trinajstić information content (AvgIpc) is 2.57. The molecule has 25 heavy (non-hydrogen) atoms. The molecule has 0 bridgehead atoms. The Morgan fingerprint density at radius 1 is 1.40 bits per heavy atom. The number of amides is 4. The second kappa shape index (κ2) is 6.67. The Bertz CT molecular complexity index is 711. The first-order valence-electron chi connectivity index (χ1n) is 7.97. The van der Waals surface area contributed by atoms with E-state index in [0.717, 1.165) is 0 Å². The summed E-state index contributed by atoms with van der Waals surface area (Å²) in [6, 6.07) is 3.27. The number of benzene rings is 1. The van der Waals surface area contributed by atoms with Gasteiger partial charge >= 0.3 is 6.03 Å². The molecule has 3 N–H and O–H groups in total. The third-order valence-electron chi connectivity index (χ3n) is 4.38. The molecule has 0 saturated carbocycles. The molecular formula is C16H19FN4O4. The molecule has 2 heterocycles. The maximum atomic E-state index is 13.2. The van der Waals surface area contributed by atoms with Crippen LogP contribution in [0.25, 0.3) is 0 Å². The molecule has 8 nitrogen and oxygen atoms in total. The molecule has 1 aromatic rings. The molecule has 2 fully saturated rings. The minimum atomic E-state index is -0.994. The Morgan fingerprint density at radius 2 is 2.16 bits per heavy atom. The summed E-state index contributed by atoms with van der Waals surface area (Å²) in [5.74, 6) is -1.23. The summed E-state index contributed by atoms with van der Waals surface area (Å²) in [5.41, 5.74) is 0.311. The highest BCUT2D eigenvalue weighted by molar-refractivity contribution is 5.98. The van der Waals surface area contributed by atoms with E-state index in [1.165, 1.54) is 34.9 Å². The molecule has 1 aromatic carbocycles. The van der Waals surface area contributed by atoms with Crippen molar-refractivity contribution in [3.8, 4) is 0 Å². The van der Waals surface area contributed by atoms with Crippen LogP contribution < -0.4 is 10.6 Å². The second-order valence-electron chi connectivity index (χ2n) is 6.16. The minimum absolute atomic E-state index is 0.0330. The van der Waals surface area contributed by atoms with Gasteiger partial charge in [0.1, 0.15) is 17.9 Å². The first kappa shape index (κ1) is 17.2. The largest absolute Gasteiger partial charge is 0.391 e. The lowest BCUT2D eigenvalue weighted by Gasteiger charge is -2.45. The van der Waals surface area contributed by atoms with E-state index in [2.05, 4.69) is 10.6 Å². The molecule has 0 unspecified atom stereocenters. The quantitative estimate of drug-likeness (QED) is 0.684. The van der Waals surface area contributed by atoms with Crippen LogP contribution in [-0.2, 0) is 9.59 Å². The van der Waals surface area contributed by atoms with Crippen molar-refractivity contribution in [3.05, 3.63) is 30.1 Å². The third kappa shape index (κ3) is 3.41. The van der Waals surface area contributed by atoms with Gasteiger partial charge in [-0.2, -0.15) is 0 Å².